The fourth-order valence-corrected chi connectivity index (χ4v) is 2.90. The standard InChI is InChI=1S/C15H18N2O2S/c1-10(13-8-5-9-20-13)17(2)12-7-4-6-11(14(12)16)15(18)19-3/h4-10H,16H2,1-3H3. The highest BCUT2D eigenvalue weighted by Crippen LogP contribution is 2.33. The molecule has 1 aromatic carbocycles. The van der Waals surface area contributed by atoms with E-state index in [1.807, 2.05) is 30.6 Å². The number of hydrogen-bond acceptors (Lipinski definition) is 5. The lowest BCUT2D eigenvalue weighted by Gasteiger charge is -2.28. The molecule has 0 radical (unpaired) electrons. The van der Waals surface area contributed by atoms with Crippen LogP contribution in [0.15, 0.2) is 35.7 Å². The van der Waals surface area contributed by atoms with E-state index in [0.717, 1.165) is 5.69 Å². The van der Waals surface area contributed by atoms with Crippen molar-refractivity contribution >= 4 is 28.7 Å². The summed E-state index contributed by atoms with van der Waals surface area (Å²) >= 11 is 1.70. The first-order valence-corrected chi connectivity index (χ1v) is 7.17. The molecule has 5 heteroatoms. The summed E-state index contributed by atoms with van der Waals surface area (Å²) in [6, 6.07) is 9.70. The molecule has 0 fully saturated rings. The number of esters is 1. The molecule has 0 saturated carbocycles. The summed E-state index contributed by atoms with van der Waals surface area (Å²) < 4.78 is 4.75. The highest BCUT2D eigenvalue weighted by atomic mass is 32.1. The predicted octanol–water partition coefficient (Wildman–Crippen LogP) is 3.31. The number of thiophene rings is 1. The first-order chi connectivity index (χ1) is 9.56. The van der Waals surface area contributed by atoms with Gasteiger partial charge in [-0.1, -0.05) is 12.1 Å². The highest BCUT2D eigenvalue weighted by molar-refractivity contribution is 7.10. The van der Waals surface area contributed by atoms with Gasteiger partial charge >= 0.3 is 5.97 Å². The van der Waals surface area contributed by atoms with E-state index >= 15 is 0 Å². The van der Waals surface area contributed by atoms with Crippen molar-refractivity contribution in [3.05, 3.63) is 46.2 Å². The topological polar surface area (TPSA) is 55.6 Å². The van der Waals surface area contributed by atoms with Gasteiger partial charge in [0, 0.05) is 11.9 Å². The summed E-state index contributed by atoms with van der Waals surface area (Å²) in [6.07, 6.45) is 0. The molecule has 2 N–H and O–H groups in total. The van der Waals surface area contributed by atoms with Crippen LogP contribution in [-0.4, -0.2) is 20.1 Å². The van der Waals surface area contributed by atoms with Gasteiger partial charge in [-0.15, -0.1) is 11.3 Å². The second kappa shape index (κ2) is 5.96. The Labute approximate surface area is 122 Å². The second-order valence-electron chi connectivity index (χ2n) is 4.53. The molecule has 0 spiro atoms. The van der Waals surface area contributed by atoms with E-state index < -0.39 is 5.97 Å². The Kier molecular flexibility index (Phi) is 4.29. The fourth-order valence-electron chi connectivity index (χ4n) is 2.08. The van der Waals surface area contributed by atoms with Crippen LogP contribution in [0.4, 0.5) is 11.4 Å². The number of carbonyl (C=O) groups is 1. The van der Waals surface area contributed by atoms with E-state index in [1.54, 1.807) is 17.4 Å². The number of hydrogen-bond donors (Lipinski definition) is 1. The molecule has 1 heterocycles. The van der Waals surface area contributed by atoms with Crippen LogP contribution in [0, 0.1) is 0 Å². The third-order valence-corrected chi connectivity index (χ3v) is 4.45. The summed E-state index contributed by atoms with van der Waals surface area (Å²) in [5.74, 6) is -0.415. The third kappa shape index (κ3) is 2.63. The Morgan fingerprint density at radius 2 is 2.10 bits per heavy atom. The zero-order valence-corrected chi connectivity index (χ0v) is 12.6. The Morgan fingerprint density at radius 1 is 1.35 bits per heavy atom. The van der Waals surface area contributed by atoms with Crippen LogP contribution < -0.4 is 10.6 Å². The number of anilines is 2. The number of ether oxygens (including phenoxy) is 1. The van der Waals surface area contributed by atoms with Crippen LogP contribution in [0.25, 0.3) is 0 Å². The van der Waals surface area contributed by atoms with Crippen molar-refractivity contribution in [1.29, 1.82) is 0 Å². The summed E-state index contributed by atoms with van der Waals surface area (Å²) in [5, 5.41) is 2.05. The molecule has 20 heavy (non-hydrogen) atoms. The van der Waals surface area contributed by atoms with Crippen LogP contribution in [0.2, 0.25) is 0 Å². The Balaban J connectivity index is 2.35. The summed E-state index contributed by atoms with van der Waals surface area (Å²) in [6.45, 7) is 2.11. The Morgan fingerprint density at radius 3 is 2.70 bits per heavy atom. The molecule has 0 amide bonds. The van der Waals surface area contributed by atoms with E-state index in [-0.39, 0.29) is 6.04 Å². The predicted molar refractivity (Wildman–Crippen MR) is 83.3 cm³/mol. The molecule has 106 valence electrons. The van der Waals surface area contributed by atoms with Crippen LogP contribution >= 0.6 is 11.3 Å². The zero-order valence-electron chi connectivity index (χ0n) is 11.8. The third-order valence-electron chi connectivity index (χ3n) is 3.40. The van der Waals surface area contributed by atoms with Gasteiger partial charge in [0.1, 0.15) is 0 Å². The molecule has 1 aromatic heterocycles. The maximum Gasteiger partial charge on any atom is 0.340 e. The van der Waals surface area contributed by atoms with Crippen molar-refractivity contribution in [2.75, 3.05) is 24.8 Å². The average molecular weight is 290 g/mol. The molecular formula is C15H18N2O2S. The number of benzene rings is 1. The fraction of sp³-hybridized carbons (Fsp3) is 0.267. The number of methoxy groups -OCH3 is 1. The summed E-state index contributed by atoms with van der Waals surface area (Å²) in [7, 11) is 3.32. The van der Waals surface area contributed by atoms with E-state index in [4.69, 9.17) is 10.5 Å². The van der Waals surface area contributed by atoms with Crippen molar-refractivity contribution < 1.29 is 9.53 Å². The van der Waals surface area contributed by atoms with Gasteiger partial charge in [-0.2, -0.15) is 0 Å². The van der Waals surface area contributed by atoms with Crippen molar-refractivity contribution in [3.8, 4) is 0 Å². The normalized spacial score (nSPS) is 11.9. The first kappa shape index (κ1) is 14.4. The maximum atomic E-state index is 11.7. The minimum Gasteiger partial charge on any atom is -0.465 e. The van der Waals surface area contributed by atoms with Crippen molar-refractivity contribution in [2.24, 2.45) is 0 Å². The van der Waals surface area contributed by atoms with Crippen molar-refractivity contribution in [1.82, 2.24) is 0 Å². The molecule has 1 atom stereocenters. The monoisotopic (exact) mass is 290 g/mol. The van der Waals surface area contributed by atoms with Gasteiger partial charge in [-0.3, -0.25) is 0 Å². The molecule has 0 saturated heterocycles. The van der Waals surface area contributed by atoms with Crippen molar-refractivity contribution in [3.63, 3.8) is 0 Å². The zero-order chi connectivity index (χ0) is 14.7. The van der Waals surface area contributed by atoms with Gasteiger partial charge in [0.2, 0.25) is 0 Å². The van der Waals surface area contributed by atoms with Gasteiger partial charge < -0.3 is 15.4 Å². The maximum absolute atomic E-state index is 11.7. The van der Waals surface area contributed by atoms with Gasteiger partial charge in [-0.25, -0.2) is 4.79 Å². The summed E-state index contributed by atoms with van der Waals surface area (Å²) in [5.41, 5.74) is 7.79. The van der Waals surface area contributed by atoms with Gasteiger partial charge in [0.05, 0.1) is 30.1 Å². The average Bonchev–Trinajstić information content (AvgIpc) is 2.99. The van der Waals surface area contributed by atoms with Crippen LogP contribution in [0.5, 0.6) is 0 Å². The van der Waals surface area contributed by atoms with Gasteiger partial charge in [-0.05, 0) is 30.5 Å². The van der Waals surface area contributed by atoms with Gasteiger partial charge in [0.25, 0.3) is 0 Å². The molecule has 0 bridgehead atoms. The lowest BCUT2D eigenvalue weighted by molar-refractivity contribution is 0.0602. The quantitative estimate of drug-likeness (QED) is 0.693. The number of nitrogen functional groups attached to an aromatic ring is 1. The largest absolute Gasteiger partial charge is 0.465 e. The molecule has 2 aromatic rings. The molecule has 0 aliphatic carbocycles. The van der Waals surface area contributed by atoms with Crippen molar-refractivity contribution in [2.45, 2.75) is 13.0 Å². The number of nitrogens with two attached hydrogens (primary N) is 1. The number of rotatable bonds is 4. The van der Waals surface area contributed by atoms with E-state index in [1.165, 1.54) is 12.0 Å². The minimum absolute atomic E-state index is 0.185. The lowest BCUT2D eigenvalue weighted by atomic mass is 10.1. The Bertz CT molecular complexity index is 596. The highest BCUT2D eigenvalue weighted by Gasteiger charge is 2.19. The Hall–Kier alpha value is -2.01. The first-order valence-electron chi connectivity index (χ1n) is 6.29. The lowest BCUT2D eigenvalue weighted by Crippen LogP contribution is -2.22. The molecule has 2 rings (SSSR count). The van der Waals surface area contributed by atoms with E-state index in [0.29, 0.717) is 11.3 Å². The number of nitrogens with zero attached hydrogens (tertiary/aromatic N) is 1. The van der Waals surface area contributed by atoms with E-state index in [2.05, 4.69) is 17.9 Å². The smallest absolute Gasteiger partial charge is 0.340 e. The molecule has 4 nitrogen and oxygen atoms in total. The number of para-hydroxylation sites is 1. The second-order valence-corrected chi connectivity index (χ2v) is 5.51. The molecular weight excluding hydrogens is 272 g/mol. The molecule has 1 unspecified atom stereocenters. The van der Waals surface area contributed by atoms with E-state index in [9.17, 15) is 4.79 Å². The SMILES string of the molecule is COC(=O)c1cccc(N(C)C(C)c2cccs2)c1N. The van der Waals surface area contributed by atoms with Crippen LogP contribution in [0.3, 0.4) is 0 Å². The van der Waals surface area contributed by atoms with Crippen LogP contribution in [-0.2, 0) is 4.74 Å². The minimum atomic E-state index is -0.415. The van der Waals surface area contributed by atoms with Crippen LogP contribution in [0.1, 0.15) is 28.2 Å². The molecule has 0 aliphatic heterocycles. The number of carbonyl (C=O) groups excluding carboxylic acids is 1. The van der Waals surface area contributed by atoms with Gasteiger partial charge in [0.15, 0.2) is 0 Å². The molecule has 0 aliphatic rings. The summed E-state index contributed by atoms with van der Waals surface area (Å²) in [4.78, 5) is 15.0.